The highest BCUT2D eigenvalue weighted by molar-refractivity contribution is 6.23. The molecule has 0 unspecified atom stereocenters. The lowest BCUT2D eigenvalue weighted by Crippen LogP contribution is -2.00. The Morgan fingerprint density at radius 2 is 2.00 bits per heavy atom. The van der Waals surface area contributed by atoms with E-state index < -0.39 is 0 Å². The van der Waals surface area contributed by atoms with Crippen molar-refractivity contribution in [1.82, 2.24) is 15.0 Å². The SMILES string of the molecule is C/C(=C1/C=Nc2ncccc21)c1[nH]c(NCc2ccccc2)nc1O. The van der Waals surface area contributed by atoms with Crippen molar-refractivity contribution in [2.75, 3.05) is 5.32 Å². The summed E-state index contributed by atoms with van der Waals surface area (Å²) in [5.41, 5.74) is 4.46. The maximum atomic E-state index is 10.2. The maximum Gasteiger partial charge on any atom is 0.238 e. The largest absolute Gasteiger partial charge is 0.492 e. The van der Waals surface area contributed by atoms with Crippen molar-refractivity contribution in [2.45, 2.75) is 13.5 Å². The topological polar surface area (TPSA) is 86.2 Å². The van der Waals surface area contributed by atoms with E-state index in [4.69, 9.17) is 0 Å². The van der Waals surface area contributed by atoms with Crippen LogP contribution < -0.4 is 5.32 Å². The van der Waals surface area contributed by atoms with E-state index in [1.807, 2.05) is 49.4 Å². The number of aromatic amines is 1. The smallest absolute Gasteiger partial charge is 0.238 e. The lowest BCUT2D eigenvalue weighted by atomic mass is 10.0. The zero-order chi connectivity index (χ0) is 17.2. The Bertz CT molecular complexity index is 972. The number of aromatic nitrogens is 3. The van der Waals surface area contributed by atoms with Crippen molar-refractivity contribution >= 4 is 29.1 Å². The number of anilines is 1. The first-order valence-electron chi connectivity index (χ1n) is 8.00. The standard InChI is InChI=1S/C19H17N5O/c1-12(15-11-21-17-14(15)8-5-9-20-17)16-18(25)24-19(23-16)22-10-13-6-3-2-4-7-13/h2-9,11,25H,10H2,1H3,(H2,22,23,24)/b15-12+. The molecule has 3 N–H and O–H groups in total. The number of aromatic hydroxyl groups is 1. The fraction of sp³-hybridized carbons (Fsp3) is 0.105. The summed E-state index contributed by atoms with van der Waals surface area (Å²) in [4.78, 5) is 15.9. The highest BCUT2D eigenvalue weighted by Crippen LogP contribution is 2.36. The molecule has 124 valence electrons. The second-order valence-electron chi connectivity index (χ2n) is 5.79. The molecular formula is C19H17N5O. The van der Waals surface area contributed by atoms with Crippen LogP contribution >= 0.6 is 0 Å². The van der Waals surface area contributed by atoms with E-state index in [9.17, 15) is 5.11 Å². The van der Waals surface area contributed by atoms with Gasteiger partial charge in [-0.25, -0.2) is 9.98 Å². The quantitative estimate of drug-likeness (QED) is 0.679. The van der Waals surface area contributed by atoms with Crippen LogP contribution in [0.3, 0.4) is 0 Å². The van der Waals surface area contributed by atoms with Gasteiger partial charge in [0.15, 0.2) is 5.82 Å². The van der Waals surface area contributed by atoms with E-state index in [-0.39, 0.29) is 5.88 Å². The molecule has 3 heterocycles. The van der Waals surface area contributed by atoms with Crippen LogP contribution in [0.1, 0.15) is 23.7 Å². The van der Waals surface area contributed by atoms with Gasteiger partial charge in [-0.3, -0.25) is 0 Å². The highest BCUT2D eigenvalue weighted by Gasteiger charge is 2.19. The molecule has 0 spiro atoms. The fourth-order valence-corrected chi connectivity index (χ4v) is 2.83. The van der Waals surface area contributed by atoms with Crippen LogP contribution in [0, 0.1) is 0 Å². The first-order valence-corrected chi connectivity index (χ1v) is 8.00. The number of nitrogens with one attached hydrogen (secondary N) is 2. The minimum absolute atomic E-state index is 0.0358. The summed E-state index contributed by atoms with van der Waals surface area (Å²) in [6.45, 7) is 2.55. The molecule has 1 aliphatic rings. The van der Waals surface area contributed by atoms with Gasteiger partial charge in [-0.1, -0.05) is 30.3 Å². The number of fused-ring (bicyclic) bond motifs is 1. The van der Waals surface area contributed by atoms with Crippen LogP contribution in [-0.4, -0.2) is 26.3 Å². The monoisotopic (exact) mass is 331 g/mol. The van der Waals surface area contributed by atoms with Gasteiger partial charge in [0.2, 0.25) is 11.8 Å². The molecule has 0 bridgehead atoms. The fourth-order valence-electron chi connectivity index (χ4n) is 2.83. The number of H-pyrrole nitrogens is 1. The van der Waals surface area contributed by atoms with Crippen LogP contribution in [0.15, 0.2) is 53.7 Å². The Morgan fingerprint density at radius 1 is 1.16 bits per heavy atom. The number of hydrogen-bond acceptors (Lipinski definition) is 5. The predicted molar refractivity (Wildman–Crippen MR) is 98.9 cm³/mol. The van der Waals surface area contributed by atoms with Gasteiger partial charge < -0.3 is 15.4 Å². The second kappa shape index (κ2) is 6.24. The Kier molecular flexibility index (Phi) is 3.78. The first-order chi connectivity index (χ1) is 12.2. The summed E-state index contributed by atoms with van der Waals surface area (Å²) in [6, 6.07) is 13.9. The van der Waals surface area contributed by atoms with E-state index >= 15 is 0 Å². The number of benzene rings is 1. The minimum Gasteiger partial charge on any atom is -0.492 e. The summed E-state index contributed by atoms with van der Waals surface area (Å²) >= 11 is 0. The van der Waals surface area contributed by atoms with Crippen molar-refractivity contribution in [3.63, 3.8) is 0 Å². The van der Waals surface area contributed by atoms with E-state index in [0.29, 0.717) is 24.0 Å². The van der Waals surface area contributed by atoms with Gasteiger partial charge >= 0.3 is 0 Å². The molecule has 0 amide bonds. The molecule has 1 aromatic carbocycles. The van der Waals surface area contributed by atoms with E-state index in [0.717, 1.165) is 22.3 Å². The third-order valence-electron chi connectivity index (χ3n) is 4.16. The van der Waals surface area contributed by atoms with Crippen molar-refractivity contribution < 1.29 is 5.11 Å². The number of pyridine rings is 1. The Labute approximate surface area is 145 Å². The summed E-state index contributed by atoms with van der Waals surface area (Å²) in [6.07, 6.45) is 3.48. The van der Waals surface area contributed by atoms with Gasteiger partial charge in [0.25, 0.3) is 0 Å². The van der Waals surface area contributed by atoms with Gasteiger partial charge in [0, 0.05) is 30.1 Å². The van der Waals surface area contributed by atoms with Crippen LogP contribution in [0.25, 0.3) is 11.1 Å². The Balaban J connectivity index is 1.61. The number of rotatable bonds is 4. The van der Waals surface area contributed by atoms with Gasteiger partial charge in [0.1, 0.15) is 5.69 Å². The molecule has 25 heavy (non-hydrogen) atoms. The van der Waals surface area contributed by atoms with Crippen molar-refractivity contribution in [3.05, 3.63) is 65.5 Å². The van der Waals surface area contributed by atoms with Crippen LogP contribution in [0.2, 0.25) is 0 Å². The number of nitrogens with zero attached hydrogens (tertiary/aromatic N) is 3. The second-order valence-corrected chi connectivity index (χ2v) is 5.79. The number of allylic oxidation sites excluding steroid dienone is 2. The van der Waals surface area contributed by atoms with Crippen molar-refractivity contribution in [1.29, 1.82) is 0 Å². The summed E-state index contributed by atoms with van der Waals surface area (Å²) in [7, 11) is 0. The third-order valence-corrected chi connectivity index (χ3v) is 4.16. The molecule has 0 saturated carbocycles. The molecule has 6 nitrogen and oxygen atoms in total. The molecule has 0 radical (unpaired) electrons. The van der Waals surface area contributed by atoms with Crippen LogP contribution in [0.4, 0.5) is 11.8 Å². The predicted octanol–water partition coefficient (Wildman–Crippen LogP) is 3.77. The molecule has 6 heteroatoms. The van der Waals surface area contributed by atoms with Crippen LogP contribution in [-0.2, 0) is 6.54 Å². The van der Waals surface area contributed by atoms with Gasteiger partial charge in [-0.2, -0.15) is 4.98 Å². The van der Waals surface area contributed by atoms with Gasteiger partial charge in [-0.15, -0.1) is 0 Å². The number of hydrogen-bond donors (Lipinski definition) is 3. The molecule has 0 saturated heterocycles. The average molecular weight is 331 g/mol. The van der Waals surface area contributed by atoms with E-state index in [1.54, 1.807) is 12.4 Å². The lowest BCUT2D eigenvalue weighted by Gasteiger charge is -2.05. The number of imidazole rings is 1. The maximum absolute atomic E-state index is 10.2. The summed E-state index contributed by atoms with van der Waals surface area (Å²) in [5, 5.41) is 13.4. The van der Waals surface area contributed by atoms with E-state index in [1.165, 1.54) is 0 Å². The zero-order valence-corrected chi connectivity index (χ0v) is 13.7. The number of aliphatic imine (C=N–C) groups is 1. The summed E-state index contributed by atoms with van der Waals surface area (Å²) < 4.78 is 0. The third kappa shape index (κ3) is 2.89. The van der Waals surface area contributed by atoms with Gasteiger partial charge in [0.05, 0.1) is 0 Å². The average Bonchev–Trinajstić information content (AvgIpc) is 3.24. The Morgan fingerprint density at radius 3 is 2.84 bits per heavy atom. The molecule has 0 aliphatic carbocycles. The molecular weight excluding hydrogens is 314 g/mol. The molecule has 1 aliphatic heterocycles. The van der Waals surface area contributed by atoms with Crippen molar-refractivity contribution in [2.24, 2.45) is 4.99 Å². The molecule has 3 aromatic rings. The van der Waals surface area contributed by atoms with Crippen LogP contribution in [0.5, 0.6) is 5.88 Å². The minimum atomic E-state index is -0.0358. The van der Waals surface area contributed by atoms with E-state index in [2.05, 4.69) is 25.3 Å². The van der Waals surface area contributed by atoms with Crippen molar-refractivity contribution in [3.8, 4) is 5.88 Å². The molecule has 4 rings (SSSR count). The molecule has 0 atom stereocenters. The van der Waals surface area contributed by atoms with Gasteiger partial charge in [-0.05, 0) is 30.2 Å². The Hall–Kier alpha value is -3.41. The molecule has 0 fully saturated rings. The molecule has 2 aromatic heterocycles. The highest BCUT2D eigenvalue weighted by atomic mass is 16.3. The normalized spacial score (nSPS) is 14.4. The lowest BCUT2D eigenvalue weighted by molar-refractivity contribution is 0.455. The zero-order valence-electron chi connectivity index (χ0n) is 13.7. The summed E-state index contributed by atoms with van der Waals surface area (Å²) in [5.74, 6) is 1.18. The first kappa shape index (κ1) is 15.1.